The lowest BCUT2D eigenvalue weighted by Gasteiger charge is -2.34. The first-order valence-electron chi connectivity index (χ1n) is 9.55. The van der Waals surface area contributed by atoms with Crippen LogP contribution in [0.3, 0.4) is 0 Å². The largest absolute Gasteiger partial charge is 0.336 e. The number of fused-ring (bicyclic) bond motifs is 1. The van der Waals surface area contributed by atoms with Gasteiger partial charge < -0.3 is 4.90 Å². The summed E-state index contributed by atoms with van der Waals surface area (Å²) in [5.41, 5.74) is 3.31. The number of thiophene rings is 1. The summed E-state index contributed by atoms with van der Waals surface area (Å²) in [6.45, 7) is 3.93. The number of amides is 1. The van der Waals surface area contributed by atoms with Crippen LogP contribution in [-0.2, 0) is 13.6 Å². The molecule has 1 aliphatic rings. The second-order valence-corrected chi connectivity index (χ2v) is 8.14. The molecule has 9 heteroatoms. The third-order valence-corrected chi connectivity index (χ3v) is 6.12. The van der Waals surface area contributed by atoms with E-state index in [2.05, 4.69) is 20.1 Å². The zero-order valence-corrected chi connectivity index (χ0v) is 16.9. The van der Waals surface area contributed by atoms with Gasteiger partial charge in [0, 0.05) is 57.7 Å². The Kier molecular flexibility index (Phi) is 4.61. The summed E-state index contributed by atoms with van der Waals surface area (Å²) in [6.07, 6.45) is 7.32. The van der Waals surface area contributed by atoms with Crippen LogP contribution in [0.5, 0.6) is 0 Å². The van der Waals surface area contributed by atoms with Gasteiger partial charge in [0.15, 0.2) is 5.65 Å². The van der Waals surface area contributed by atoms with Crippen molar-refractivity contribution in [3.63, 3.8) is 0 Å². The van der Waals surface area contributed by atoms with E-state index in [9.17, 15) is 4.79 Å². The normalized spacial score (nSPS) is 15.3. The second-order valence-electron chi connectivity index (χ2n) is 7.19. The highest BCUT2D eigenvalue weighted by Crippen LogP contribution is 2.25. The molecule has 0 aliphatic carbocycles. The highest BCUT2D eigenvalue weighted by atomic mass is 32.1. The Morgan fingerprint density at radius 1 is 1.14 bits per heavy atom. The predicted molar refractivity (Wildman–Crippen MR) is 111 cm³/mol. The molecule has 1 saturated heterocycles. The number of rotatable bonds is 4. The Hall–Kier alpha value is -3.04. The smallest absolute Gasteiger partial charge is 0.259 e. The maximum atomic E-state index is 13.1. The monoisotopic (exact) mass is 407 g/mol. The summed E-state index contributed by atoms with van der Waals surface area (Å²) in [5.74, 6) is -0.00291. The summed E-state index contributed by atoms with van der Waals surface area (Å²) >= 11 is 1.64. The summed E-state index contributed by atoms with van der Waals surface area (Å²) in [7, 11) is 1.92. The number of piperazine rings is 1. The van der Waals surface area contributed by atoms with Crippen molar-refractivity contribution in [3.8, 4) is 10.6 Å². The van der Waals surface area contributed by atoms with Crippen LogP contribution in [0.4, 0.5) is 0 Å². The minimum atomic E-state index is -0.00291. The predicted octanol–water partition coefficient (Wildman–Crippen LogP) is 2.15. The molecule has 1 fully saturated rings. The third-order valence-electron chi connectivity index (χ3n) is 5.23. The Bertz CT molecular complexity index is 1140. The number of hydrogen-bond donors (Lipinski definition) is 0. The zero-order valence-electron chi connectivity index (χ0n) is 16.1. The van der Waals surface area contributed by atoms with Crippen LogP contribution >= 0.6 is 11.3 Å². The average Bonchev–Trinajstić information content (AvgIpc) is 3.49. The molecule has 148 valence electrons. The lowest BCUT2D eigenvalue weighted by Crippen LogP contribution is -2.48. The van der Waals surface area contributed by atoms with Crippen LogP contribution in [0.2, 0.25) is 0 Å². The van der Waals surface area contributed by atoms with Crippen molar-refractivity contribution < 1.29 is 4.79 Å². The van der Waals surface area contributed by atoms with E-state index < -0.39 is 0 Å². The number of carbonyl (C=O) groups is 1. The van der Waals surface area contributed by atoms with Gasteiger partial charge >= 0.3 is 0 Å². The number of aromatic nitrogens is 5. The van der Waals surface area contributed by atoms with E-state index in [4.69, 9.17) is 0 Å². The molecule has 1 aliphatic heterocycles. The molecule has 0 radical (unpaired) electrons. The molecule has 0 spiro atoms. The van der Waals surface area contributed by atoms with Gasteiger partial charge in [-0.3, -0.25) is 14.4 Å². The highest BCUT2D eigenvalue weighted by molar-refractivity contribution is 7.13. The van der Waals surface area contributed by atoms with Crippen molar-refractivity contribution in [1.82, 2.24) is 34.2 Å². The molecule has 0 saturated carbocycles. The second kappa shape index (κ2) is 7.41. The van der Waals surface area contributed by atoms with Gasteiger partial charge in [-0.05, 0) is 17.5 Å². The number of nitrogens with zero attached hydrogens (tertiary/aromatic N) is 7. The van der Waals surface area contributed by atoms with Crippen LogP contribution < -0.4 is 0 Å². The van der Waals surface area contributed by atoms with E-state index in [1.165, 1.54) is 5.56 Å². The van der Waals surface area contributed by atoms with E-state index in [0.29, 0.717) is 24.3 Å². The molecule has 0 bridgehead atoms. The molecule has 8 nitrogen and oxygen atoms in total. The van der Waals surface area contributed by atoms with Crippen molar-refractivity contribution in [1.29, 1.82) is 0 Å². The summed E-state index contributed by atoms with van der Waals surface area (Å²) in [5, 5.41) is 10.7. The molecule has 4 aromatic heterocycles. The lowest BCUT2D eigenvalue weighted by atomic mass is 10.2. The number of hydrogen-bond acceptors (Lipinski definition) is 6. The van der Waals surface area contributed by atoms with Crippen LogP contribution in [-0.4, -0.2) is 66.3 Å². The molecule has 0 atom stereocenters. The van der Waals surface area contributed by atoms with E-state index in [1.807, 2.05) is 52.6 Å². The maximum absolute atomic E-state index is 13.1. The van der Waals surface area contributed by atoms with E-state index >= 15 is 0 Å². The maximum Gasteiger partial charge on any atom is 0.259 e. The van der Waals surface area contributed by atoms with Gasteiger partial charge in [-0.1, -0.05) is 6.07 Å². The first kappa shape index (κ1) is 18.0. The first-order valence-corrected chi connectivity index (χ1v) is 10.4. The minimum Gasteiger partial charge on any atom is -0.336 e. The van der Waals surface area contributed by atoms with Crippen molar-refractivity contribution in [2.24, 2.45) is 7.05 Å². The van der Waals surface area contributed by atoms with Crippen molar-refractivity contribution in [2.75, 3.05) is 26.2 Å². The molecule has 5 heterocycles. The minimum absolute atomic E-state index is 0.00291. The van der Waals surface area contributed by atoms with Gasteiger partial charge in [-0.2, -0.15) is 10.2 Å². The van der Waals surface area contributed by atoms with Gasteiger partial charge in [0.25, 0.3) is 5.91 Å². The summed E-state index contributed by atoms with van der Waals surface area (Å²) in [6, 6.07) is 5.98. The molecular weight excluding hydrogens is 386 g/mol. The Balaban J connectivity index is 1.31. The van der Waals surface area contributed by atoms with Crippen molar-refractivity contribution >= 4 is 22.9 Å². The van der Waals surface area contributed by atoms with Crippen molar-refractivity contribution in [2.45, 2.75) is 6.54 Å². The molecule has 5 rings (SSSR count). The first-order chi connectivity index (χ1) is 14.2. The van der Waals surface area contributed by atoms with Crippen LogP contribution in [0.1, 0.15) is 15.9 Å². The Morgan fingerprint density at radius 2 is 2.00 bits per heavy atom. The summed E-state index contributed by atoms with van der Waals surface area (Å²) < 4.78 is 3.58. The van der Waals surface area contributed by atoms with E-state index in [0.717, 1.165) is 30.2 Å². The molecule has 0 unspecified atom stereocenters. The molecule has 0 N–H and O–H groups in total. The van der Waals surface area contributed by atoms with Crippen LogP contribution in [0.25, 0.3) is 16.2 Å². The fraction of sp³-hybridized carbons (Fsp3) is 0.300. The zero-order chi connectivity index (χ0) is 19.8. The summed E-state index contributed by atoms with van der Waals surface area (Å²) in [4.78, 5) is 22.9. The highest BCUT2D eigenvalue weighted by Gasteiger charge is 2.25. The fourth-order valence-corrected chi connectivity index (χ4v) is 4.48. The van der Waals surface area contributed by atoms with Crippen molar-refractivity contribution in [3.05, 3.63) is 59.5 Å². The molecular formula is C20H21N7OS. The molecule has 1 amide bonds. The van der Waals surface area contributed by atoms with E-state index in [1.54, 1.807) is 28.2 Å². The van der Waals surface area contributed by atoms with Crippen LogP contribution in [0.15, 0.2) is 48.4 Å². The quantitative estimate of drug-likeness (QED) is 0.518. The molecule has 29 heavy (non-hydrogen) atoms. The topological polar surface area (TPSA) is 71.6 Å². The van der Waals surface area contributed by atoms with Gasteiger partial charge in [0.05, 0.1) is 23.0 Å². The van der Waals surface area contributed by atoms with Gasteiger partial charge in [-0.15, -0.1) is 11.3 Å². The average molecular weight is 408 g/mol. The number of carbonyl (C=O) groups excluding carboxylic acids is 1. The van der Waals surface area contributed by atoms with E-state index in [-0.39, 0.29) is 5.91 Å². The Labute approximate surface area is 172 Å². The SMILES string of the molecule is Cn1cc(CN2CCN(C(=O)c3cnn4c(-c5cccs5)ccnc34)CC2)cn1. The van der Waals surface area contributed by atoms with Gasteiger partial charge in [-0.25, -0.2) is 9.50 Å². The number of aryl methyl sites for hydroxylation is 1. The Morgan fingerprint density at radius 3 is 2.72 bits per heavy atom. The lowest BCUT2D eigenvalue weighted by molar-refractivity contribution is 0.0630. The van der Waals surface area contributed by atoms with Crippen LogP contribution in [0, 0.1) is 0 Å². The molecule has 4 aromatic rings. The third kappa shape index (κ3) is 3.43. The van der Waals surface area contributed by atoms with Gasteiger partial charge in [0.2, 0.25) is 0 Å². The van der Waals surface area contributed by atoms with Gasteiger partial charge in [0.1, 0.15) is 5.56 Å². The molecule has 0 aromatic carbocycles. The standard InChI is InChI=1S/C20H21N7OS/c1-24-13-15(11-22-24)14-25-6-8-26(9-7-25)20(28)16-12-23-27-17(4-5-21-19(16)27)18-3-2-10-29-18/h2-5,10-13H,6-9,14H2,1H3. The fourth-order valence-electron chi connectivity index (χ4n) is 3.74.